The Kier molecular flexibility index (Phi) is 7.81. The van der Waals surface area contributed by atoms with Gasteiger partial charge < -0.3 is 19.5 Å². The number of ether oxygens (including phenoxy) is 1. The van der Waals surface area contributed by atoms with Crippen LogP contribution in [0.5, 0.6) is 0 Å². The third-order valence-electron chi connectivity index (χ3n) is 5.44. The normalized spacial score (nSPS) is 14.6. The van der Waals surface area contributed by atoms with Gasteiger partial charge in [-0.1, -0.05) is 28.9 Å². The number of hydrogen-bond donors (Lipinski definition) is 1. The zero-order valence-corrected chi connectivity index (χ0v) is 19.6. The van der Waals surface area contributed by atoms with Crippen molar-refractivity contribution >= 4 is 34.5 Å². The van der Waals surface area contributed by atoms with Crippen LogP contribution in [0.2, 0.25) is 5.02 Å². The SMILES string of the molecule is Cc1ccc(Cl)cc1N1CCN(CCNC(=O)COCc2cc(-c3cccs3)on2)CC1. The molecule has 0 atom stereocenters. The maximum absolute atomic E-state index is 12.1. The van der Waals surface area contributed by atoms with Crippen molar-refractivity contribution in [2.75, 3.05) is 50.8 Å². The summed E-state index contributed by atoms with van der Waals surface area (Å²) in [6.45, 7) is 7.59. The van der Waals surface area contributed by atoms with E-state index in [2.05, 4.69) is 33.3 Å². The van der Waals surface area contributed by atoms with Crippen molar-refractivity contribution in [2.45, 2.75) is 13.5 Å². The molecular formula is C23H27ClN4O3S. The van der Waals surface area contributed by atoms with Crippen LogP contribution in [0.3, 0.4) is 0 Å². The number of anilines is 1. The average Bonchev–Trinajstić information content (AvgIpc) is 3.48. The largest absolute Gasteiger partial charge is 0.369 e. The first-order chi connectivity index (χ1) is 15.6. The fraction of sp³-hybridized carbons (Fsp3) is 0.391. The molecule has 2 aromatic heterocycles. The summed E-state index contributed by atoms with van der Waals surface area (Å²) in [6.07, 6.45) is 0. The summed E-state index contributed by atoms with van der Waals surface area (Å²) in [7, 11) is 0. The number of halogens is 1. The lowest BCUT2D eigenvalue weighted by Crippen LogP contribution is -2.48. The smallest absolute Gasteiger partial charge is 0.246 e. The first-order valence-corrected chi connectivity index (χ1v) is 11.9. The van der Waals surface area contributed by atoms with E-state index in [-0.39, 0.29) is 19.1 Å². The van der Waals surface area contributed by atoms with Crippen LogP contribution < -0.4 is 10.2 Å². The highest BCUT2D eigenvalue weighted by Crippen LogP contribution is 2.26. The topological polar surface area (TPSA) is 70.8 Å². The molecule has 1 amide bonds. The molecule has 170 valence electrons. The Morgan fingerprint density at radius 1 is 1.25 bits per heavy atom. The number of hydrogen-bond acceptors (Lipinski definition) is 7. The zero-order chi connectivity index (χ0) is 22.3. The van der Waals surface area contributed by atoms with Crippen LogP contribution in [-0.4, -0.2) is 61.8 Å². The summed E-state index contributed by atoms with van der Waals surface area (Å²) in [5, 5.41) is 9.66. The minimum Gasteiger partial charge on any atom is -0.369 e. The Morgan fingerprint density at radius 2 is 2.09 bits per heavy atom. The Balaban J connectivity index is 1.11. The van der Waals surface area contributed by atoms with Gasteiger partial charge in [0.1, 0.15) is 12.3 Å². The Bertz CT molecular complexity index is 1020. The average molecular weight is 475 g/mol. The molecular weight excluding hydrogens is 448 g/mol. The number of aryl methyl sites for hydroxylation is 1. The first kappa shape index (κ1) is 22.8. The number of nitrogens with zero attached hydrogens (tertiary/aromatic N) is 3. The lowest BCUT2D eigenvalue weighted by molar-refractivity contribution is -0.126. The van der Waals surface area contributed by atoms with Crippen LogP contribution in [0.1, 0.15) is 11.3 Å². The van der Waals surface area contributed by atoms with E-state index in [1.54, 1.807) is 11.3 Å². The number of carbonyl (C=O) groups is 1. The molecule has 32 heavy (non-hydrogen) atoms. The molecule has 0 unspecified atom stereocenters. The molecule has 7 nitrogen and oxygen atoms in total. The Morgan fingerprint density at radius 3 is 2.88 bits per heavy atom. The second kappa shape index (κ2) is 11.0. The van der Waals surface area contributed by atoms with E-state index in [4.69, 9.17) is 20.9 Å². The van der Waals surface area contributed by atoms with Crippen molar-refractivity contribution in [3.05, 3.63) is 58.1 Å². The molecule has 1 saturated heterocycles. The third kappa shape index (κ3) is 6.10. The van der Waals surface area contributed by atoms with Crippen LogP contribution >= 0.6 is 22.9 Å². The van der Waals surface area contributed by atoms with Crippen LogP contribution in [0.15, 0.2) is 46.3 Å². The monoisotopic (exact) mass is 474 g/mol. The van der Waals surface area contributed by atoms with Crippen molar-refractivity contribution in [1.29, 1.82) is 0 Å². The fourth-order valence-corrected chi connectivity index (χ4v) is 4.54. The summed E-state index contributed by atoms with van der Waals surface area (Å²) in [5.41, 5.74) is 3.12. The molecule has 3 heterocycles. The highest BCUT2D eigenvalue weighted by Gasteiger charge is 2.18. The van der Waals surface area contributed by atoms with Gasteiger partial charge in [-0.05, 0) is 36.1 Å². The van der Waals surface area contributed by atoms with Gasteiger partial charge in [-0.25, -0.2) is 0 Å². The van der Waals surface area contributed by atoms with E-state index in [1.807, 2.05) is 35.7 Å². The second-order valence-electron chi connectivity index (χ2n) is 7.76. The second-order valence-corrected chi connectivity index (χ2v) is 9.15. The van der Waals surface area contributed by atoms with Crippen LogP contribution in [0.4, 0.5) is 5.69 Å². The van der Waals surface area contributed by atoms with Gasteiger partial charge in [0.25, 0.3) is 0 Å². The van der Waals surface area contributed by atoms with Gasteiger partial charge in [-0.2, -0.15) is 0 Å². The molecule has 9 heteroatoms. The van der Waals surface area contributed by atoms with Gasteiger partial charge in [0.2, 0.25) is 5.91 Å². The Labute approximate surface area is 196 Å². The van der Waals surface area contributed by atoms with E-state index >= 15 is 0 Å². The summed E-state index contributed by atoms with van der Waals surface area (Å²) in [6, 6.07) is 11.8. The number of rotatable bonds is 9. The molecule has 1 aromatic carbocycles. The number of thiophene rings is 1. The number of benzene rings is 1. The number of amides is 1. The van der Waals surface area contributed by atoms with Crippen molar-refractivity contribution in [3.63, 3.8) is 0 Å². The standard InChI is InChI=1S/C23H27ClN4O3S/c1-17-4-5-18(24)13-20(17)28-10-8-27(9-11-28)7-6-25-23(29)16-30-15-19-14-21(31-26-19)22-3-2-12-32-22/h2-5,12-14H,6-11,15-16H2,1H3,(H,25,29). The van der Waals surface area contributed by atoms with Crippen molar-refractivity contribution in [3.8, 4) is 10.6 Å². The van der Waals surface area contributed by atoms with Crippen molar-refractivity contribution < 1.29 is 14.1 Å². The minimum absolute atomic E-state index is 0.00299. The van der Waals surface area contributed by atoms with Gasteiger partial charge in [0.05, 0.1) is 11.5 Å². The molecule has 0 saturated carbocycles. The van der Waals surface area contributed by atoms with E-state index < -0.39 is 0 Å². The summed E-state index contributed by atoms with van der Waals surface area (Å²) in [5.74, 6) is 0.592. The maximum Gasteiger partial charge on any atom is 0.246 e. The van der Waals surface area contributed by atoms with Gasteiger partial charge >= 0.3 is 0 Å². The third-order valence-corrected chi connectivity index (χ3v) is 6.56. The minimum atomic E-state index is -0.125. The lowest BCUT2D eigenvalue weighted by Gasteiger charge is -2.36. The number of carbonyl (C=O) groups excluding carboxylic acids is 1. The van der Waals surface area contributed by atoms with Crippen molar-refractivity contribution in [1.82, 2.24) is 15.4 Å². The molecule has 0 bridgehead atoms. The maximum atomic E-state index is 12.1. The molecule has 0 spiro atoms. The highest BCUT2D eigenvalue weighted by atomic mass is 35.5. The summed E-state index contributed by atoms with van der Waals surface area (Å²) < 4.78 is 10.8. The Hall–Kier alpha value is -2.39. The van der Waals surface area contributed by atoms with E-state index in [1.165, 1.54) is 11.3 Å². The highest BCUT2D eigenvalue weighted by molar-refractivity contribution is 7.13. The number of aromatic nitrogens is 1. The lowest BCUT2D eigenvalue weighted by atomic mass is 10.1. The predicted octanol–water partition coefficient (Wildman–Crippen LogP) is 3.82. The molecule has 0 radical (unpaired) electrons. The molecule has 3 aromatic rings. The first-order valence-electron chi connectivity index (χ1n) is 10.7. The predicted molar refractivity (Wildman–Crippen MR) is 127 cm³/mol. The molecule has 1 N–H and O–H groups in total. The van der Waals surface area contributed by atoms with Gasteiger partial charge in [-0.3, -0.25) is 9.69 Å². The van der Waals surface area contributed by atoms with Gasteiger partial charge in [-0.15, -0.1) is 11.3 Å². The molecule has 4 rings (SSSR count). The van der Waals surface area contributed by atoms with Gasteiger partial charge in [0.15, 0.2) is 5.76 Å². The van der Waals surface area contributed by atoms with Gasteiger partial charge in [0, 0.05) is 56.0 Å². The van der Waals surface area contributed by atoms with E-state index in [0.29, 0.717) is 18.0 Å². The molecule has 1 aliphatic heterocycles. The van der Waals surface area contributed by atoms with Crippen molar-refractivity contribution in [2.24, 2.45) is 0 Å². The molecule has 1 aliphatic rings. The summed E-state index contributed by atoms with van der Waals surface area (Å²) in [4.78, 5) is 17.8. The molecule has 1 fully saturated rings. The molecule has 0 aliphatic carbocycles. The van der Waals surface area contributed by atoms with Crippen LogP contribution in [0, 0.1) is 6.92 Å². The quantitative estimate of drug-likeness (QED) is 0.508. The zero-order valence-electron chi connectivity index (χ0n) is 18.1. The number of nitrogens with one attached hydrogen (secondary N) is 1. The van der Waals surface area contributed by atoms with E-state index in [9.17, 15) is 4.79 Å². The summed E-state index contributed by atoms with van der Waals surface area (Å²) >= 11 is 7.75. The van der Waals surface area contributed by atoms with E-state index in [0.717, 1.165) is 42.6 Å². The van der Waals surface area contributed by atoms with Crippen LogP contribution in [0.25, 0.3) is 10.6 Å². The fourth-order valence-electron chi connectivity index (χ4n) is 3.70. The van der Waals surface area contributed by atoms with Crippen LogP contribution in [-0.2, 0) is 16.1 Å². The number of piperazine rings is 1.